The second-order valence-electron chi connectivity index (χ2n) is 4.97. The summed E-state index contributed by atoms with van der Waals surface area (Å²) in [6.07, 6.45) is -0.660. The monoisotopic (exact) mass is 272 g/mol. The van der Waals surface area contributed by atoms with Gasteiger partial charge in [0.15, 0.2) is 0 Å². The molecule has 0 amide bonds. The minimum absolute atomic E-state index is 0.615. The Hall–Kier alpha value is -2.00. The van der Waals surface area contributed by atoms with Gasteiger partial charge in [-0.3, -0.25) is 0 Å². The average Bonchev–Trinajstić information content (AvgIpc) is 2.36. The number of methoxy groups -OCH3 is 1. The Bertz CT molecular complexity index is 583. The highest BCUT2D eigenvalue weighted by Gasteiger charge is 2.16. The van der Waals surface area contributed by atoms with Gasteiger partial charge in [-0.1, -0.05) is 12.1 Å². The van der Waals surface area contributed by atoms with Crippen molar-refractivity contribution in [1.82, 2.24) is 0 Å². The molecule has 0 bridgehead atoms. The van der Waals surface area contributed by atoms with Crippen molar-refractivity contribution in [2.24, 2.45) is 0 Å². The first-order chi connectivity index (χ1) is 9.51. The van der Waals surface area contributed by atoms with E-state index in [1.807, 2.05) is 44.2 Å². The van der Waals surface area contributed by atoms with E-state index in [0.29, 0.717) is 17.1 Å². The molecule has 0 heterocycles. The van der Waals surface area contributed by atoms with Crippen LogP contribution in [0.25, 0.3) is 0 Å². The number of rotatable bonds is 4. The van der Waals surface area contributed by atoms with Gasteiger partial charge in [-0.25, -0.2) is 0 Å². The summed E-state index contributed by atoms with van der Waals surface area (Å²) in [5.41, 5.74) is 2.94. The molecule has 2 rings (SSSR count). The van der Waals surface area contributed by atoms with Gasteiger partial charge in [-0.15, -0.1) is 0 Å². The van der Waals surface area contributed by atoms with Gasteiger partial charge >= 0.3 is 0 Å². The minimum atomic E-state index is -0.660. The highest BCUT2D eigenvalue weighted by molar-refractivity contribution is 5.48. The van der Waals surface area contributed by atoms with Crippen molar-refractivity contribution in [1.29, 1.82) is 0 Å². The number of aryl methyl sites for hydroxylation is 2. The molecule has 20 heavy (non-hydrogen) atoms. The summed E-state index contributed by atoms with van der Waals surface area (Å²) < 4.78 is 11.2. The van der Waals surface area contributed by atoms with E-state index in [1.165, 1.54) is 0 Å². The number of ether oxygens (including phenoxy) is 2. The van der Waals surface area contributed by atoms with Gasteiger partial charge < -0.3 is 14.6 Å². The third kappa shape index (κ3) is 3.11. The van der Waals surface area contributed by atoms with Crippen molar-refractivity contribution in [3.05, 3.63) is 53.1 Å². The molecule has 2 aromatic carbocycles. The van der Waals surface area contributed by atoms with E-state index in [4.69, 9.17) is 9.47 Å². The molecule has 0 radical (unpaired) electrons. The molecule has 0 spiro atoms. The highest BCUT2D eigenvalue weighted by Crippen LogP contribution is 2.36. The Balaban J connectivity index is 2.42. The van der Waals surface area contributed by atoms with Crippen LogP contribution in [-0.2, 0) is 0 Å². The van der Waals surface area contributed by atoms with Crippen molar-refractivity contribution >= 4 is 0 Å². The first kappa shape index (κ1) is 14.4. The predicted octanol–water partition coefficient (Wildman–Crippen LogP) is 4.16. The molecule has 0 unspecified atom stereocenters. The first-order valence-electron chi connectivity index (χ1n) is 6.62. The Morgan fingerprint density at radius 3 is 2.15 bits per heavy atom. The average molecular weight is 272 g/mol. The zero-order chi connectivity index (χ0) is 14.7. The van der Waals surface area contributed by atoms with Crippen LogP contribution < -0.4 is 9.47 Å². The van der Waals surface area contributed by atoms with Crippen LogP contribution in [-0.4, -0.2) is 12.2 Å². The van der Waals surface area contributed by atoms with Crippen LogP contribution in [0.1, 0.15) is 29.7 Å². The van der Waals surface area contributed by atoms with Gasteiger partial charge in [-0.05, 0) is 56.2 Å². The summed E-state index contributed by atoms with van der Waals surface area (Å²) in [7, 11) is 1.59. The molecule has 0 saturated heterocycles. The quantitative estimate of drug-likeness (QED) is 0.908. The molecular weight excluding hydrogens is 252 g/mol. The summed E-state index contributed by atoms with van der Waals surface area (Å²) in [6.45, 7) is 5.76. The van der Waals surface area contributed by atoms with Gasteiger partial charge in [0.1, 0.15) is 17.2 Å². The first-order valence-corrected chi connectivity index (χ1v) is 6.62. The van der Waals surface area contributed by atoms with Crippen molar-refractivity contribution in [2.75, 3.05) is 7.11 Å². The molecule has 2 aromatic rings. The lowest BCUT2D eigenvalue weighted by molar-refractivity contribution is 0.190. The van der Waals surface area contributed by atoms with E-state index in [0.717, 1.165) is 16.9 Å². The summed E-state index contributed by atoms with van der Waals surface area (Å²) in [5, 5.41) is 9.94. The lowest BCUT2D eigenvalue weighted by atomic mass is 10.1. The Morgan fingerprint density at radius 2 is 1.60 bits per heavy atom. The third-order valence-corrected chi connectivity index (χ3v) is 3.09. The van der Waals surface area contributed by atoms with Crippen LogP contribution in [0.3, 0.4) is 0 Å². The predicted molar refractivity (Wildman–Crippen MR) is 79.6 cm³/mol. The molecule has 0 fully saturated rings. The van der Waals surface area contributed by atoms with E-state index in [-0.39, 0.29) is 0 Å². The van der Waals surface area contributed by atoms with E-state index in [1.54, 1.807) is 14.0 Å². The Kier molecular flexibility index (Phi) is 4.30. The second-order valence-corrected chi connectivity index (χ2v) is 4.97. The molecule has 0 aliphatic rings. The summed E-state index contributed by atoms with van der Waals surface area (Å²) in [6, 6.07) is 11.5. The Labute approximate surface area is 119 Å². The van der Waals surface area contributed by atoms with Crippen LogP contribution in [0, 0.1) is 13.8 Å². The van der Waals surface area contributed by atoms with Crippen molar-refractivity contribution in [3.8, 4) is 17.2 Å². The van der Waals surface area contributed by atoms with Gasteiger partial charge in [0.05, 0.1) is 18.8 Å². The number of hydrogen-bond donors (Lipinski definition) is 1. The van der Waals surface area contributed by atoms with E-state index in [2.05, 4.69) is 6.07 Å². The SMILES string of the molecule is COc1cccc(Oc2cc(C)cc(C)c2)c1[C@@H](C)O. The van der Waals surface area contributed by atoms with E-state index >= 15 is 0 Å². The van der Waals surface area contributed by atoms with E-state index < -0.39 is 6.10 Å². The summed E-state index contributed by atoms with van der Waals surface area (Å²) in [5.74, 6) is 2.00. The normalized spacial score (nSPS) is 12.1. The molecule has 0 aliphatic heterocycles. The molecule has 3 heteroatoms. The standard InChI is InChI=1S/C17H20O3/c1-11-8-12(2)10-14(9-11)20-16-7-5-6-15(19-4)17(16)13(3)18/h5-10,13,18H,1-4H3/t13-/m1/s1. The summed E-state index contributed by atoms with van der Waals surface area (Å²) >= 11 is 0. The van der Waals surface area contributed by atoms with Crippen molar-refractivity contribution < 1.29 is 14.6 Å². The largest absolute Gasteiger partial charge is 0.496 e. The third-order valence-electron chi connectivity index (χ3n) is 3.09. The fourth-order valence-corrected chi connectivity index (χ4v) is 2.32. The number of hydrogen-bond acceptors (Lipinski definition) is 3. The molecule has 0 aliphatic carbocycles. The van der Waals surface area contributed by atoms with Gasteiger partial charge in [0.25, 0.3) is 0 Å². The minimum Gasteiger partial charge on any atom is -0.496 e. The van der Waals surface area contributed by atoms with Crippen LogP contribution in [0.2, 0.25) is 0 Å². The van der Waals surface area contributed by atoms with Gasteiger partial charge in [-0.2, -0.15) is 0 Å². The number of benzene rings is 2. The zero-order valence-corrected chi connectivity index (χ0v) is 12.3. The molecule has 0 saturated carbocycles. The second kappa shape index (κ2) is 5.97. The number of aliphatic hydroxyl groups is 1. The fraction of sp³-hybridized carbons (Fsp3) is 0.294. The summed E-state index contributed by atoms with van der Waals surface area (Å²) in [4.78, 5) is 0. The molecule has 106 valence electrons. The van der Waals surface area contributed by atoms with Crippen LogP contribution in [0.15, 0.2) is 36.4 Å². The zero-order valence-electron chi connectivity index (χ0n) is 12.3. The van der Waals surface area contributed by atoms with Crippen LogP contribution in [0.5, 0.6) is 17.2 Å². The van der Waals surface area contributed by atoms with Crippen molar-refractivity contribution in [3.63, 3.8) is 0 Å². The number of aliphatic hydroxyl groups excluding tert-OH is 1. The molecule has 0 aromatic heterocycles. The maximum absolute atomic E-state index is 9.94. The van der Waals surface area contributed by atoms with Crippen molar-refractivity contribution in [2.45, 2.75) is 26.9 Å². The smallest absolute Gasteiger partial charge is 0.136 e. The molecule has 1 atom stereocenters. The molecular formula is C17H20O3. The van der Waals surface area contributed by atoms with Crippen LogP contribution >= 0.6 is 0 Å². The fourth-order valence-electron chi connectivity index (χ4n) is 2.32. The maximum Gasteiger partial charge on any atom is 0.136 e. The van der Waals surface area contributed by atoms with Gasteiger partial charge in [0.2, 0.25) is 0 Å². The maximum atomic E-state index is 9.94. The molecule has 1 N–H and O–H groups in total. The van der Waals surface area contributed by atoms with Gasteiger partial charge in [0, 0.05) is 0 Å². The Morgan fingerprint density at radius 1 is 1.00 bits per heavy atom. The van der Waals surface area contributed by atoms with Crippen LogP contribution in [0.4, 0.5) is 0 Å². The lowest BCUT2D eigenvalue weighted by Crippen LogP contribution is -2.00. The topological polar surface area (TPSA) is 38.7 Å². The van der Waals surface area contributed by atoms with E-state index in [9.17, 15) is 5.11 Å². The highest BCUT2D eigenvalue weighted by atomic mass is 16.5. The lowest BCUT2D eigenvalue weighted by Gasteiger charge is -2.17. The molecule has 3 nitrogen and oxygen atoms in total.